The second-order valence-corrected chi connectivity index (χ2v) is 2.66. The van der Waals surface area contributed by atoms with E-state index < -0.39 is 17.8 Å². The van der Waals surface area contributed by atoms with E-state index in [9.17, 15) is 13.2 Å². The maximum atomic E-state index is 12.1. The first-order valence-electron chi connectivity index (χ1n) is 3.41. The summed E-state index contributed by atoms with van der Waals surface area (Å²) >= 11 is 0. The molecule has 2 nitrogen and oxygen atoms in total. The quantitative estimate of drug-likeness (QED) is 0.582. The molecule has 0 aromatic heterocycles. The molecule has 1 aliphatic rings. The minimum absolute atomic E-state index is 0.230. The van der Waals surface area contributed by atoms with Crippen molar-refractivity contribution >= 4 is 0 Å². The van der Waals surface area contributed by atoms with E-state index >= 15 is 0 Å². The lowest BCUT2D eigenvalue weighted by Gasteiger charge is -2.19. The zero-order valence-corrected chi connectivity index (χ0v) is 6.23. The van der Waals surface area contributed by atoms with Gasteiger partial charge in [-0.1, -0.05) is 6.08 Å². The lowest BCUT2D eigenvalue weighted by atomic mass is 9.99. The van der Waals surface area contributed by atoms with Gasteiger partial charge in [-0.25, -0.2) is 0 Å². The first-order chi connectivity index (χ1) is 5.41. The Balaban J connectivity index is 2.94. The second-order valence-electron chi connectivity index (χ2n) is 2.66. The summed E-state index contributed by atoms with van der Waals surface area (Å²) in [4.78, 5) is 0. The highest BCUT2D eigenvalue weighted by molar-refractivity contribution is 5.32. The molecular weight excluding hydrogens is 169 g/mol. The zero-order valence-electron chi connectivity index (χ0n) is 6.23. The van der Waals surface area contributed by atoms with Crippen LogP contribution in [0.5, 0.6) is 0 Å². The first kappa shape index (κ1) is 9.12. The lowest BCUT2D eigenvalue weighted by molar-refractivity contribution is -0.0951. The predicted molar refractivity (Wildman–Crippen MR) is 39.0 cm³/mol. The summed E-state index contributed by atoms with van der Waals surface area (Å²) in [5.74, 6) is 0. The normalized spacial score (nSPS) is 24.8. The Hall–Kier alpha value is -0.970. The minimum atomic E-state index is -4.35. The summed E-state index contributed by atoms with van der Waals surface area (Å²) in [5.41, 5.74) is 9.50. The summed E-state index contributed by atoms with van der Waals surface area (Å²) in [6, 6.07) is -0.575. The average molecular weight is 178 g/mol. The molecule has 1 rings (SSSR count). The van der Waals surface area contributed by atoms with Gasteiger partial charge in [-0.05, 0) is 12.5 Å². The third-order valence-electron chi connectivity index (χ3n) is 1.65. The fourth-order valence-electron chi connectivity index (χ4n) is 1.03. The fraction of sp³-hybridized carbons (Fsp3) is 0.429. The molecule has 0 aliphatic heterocycles. The fourth-order valence-corrected chi connectivity index (χ4v) is 1.03. The van der Waals surface area contributed by atoms with E-state index in [2.05, 4.69) is 0 Å². The van der Waals surface area contributed by atoms with Gasteiger partial charge in [0.15, 0.2) is 0 Å². The molecule has 0 aromatic rings. The topological polar surface area (TPSA) is 52.0 Å². The van der Waals surface area contributed by atoms with Crippen molar-refractivity contribution in [2.75, 3.05) is 0 Å². The van der Waals surface area contributed by atoms with Crippen molar-refractivity contribution in [2.24, 2.45) is 11.5 Å². The van der Waals surface area contributed by atoms with Crippen molar-refractivity contribution in [2.45, 2.75) is 18.6 Å². The molecule has 68 valence electrons. The number of hydrogen-bond acceptors (Lipinski definition) is 2. The molecule has 0 saturated carbocycles. The molecule has 1 aliphatic carbocycles. The maximum absolute atomic E-state index is 12.1. The van der Waals surface area contributed by atoms with E-state index in [-0.39, 0.29) is 12.1 Å². The van der Waals surface area contributed by atoms with Gasteiger partial charge in [-0.3, -0.25) is 0 Å². The van der Waals surface area contributed by atoms with Crippen LogP contribution in [0.3, 0.4) is 0 Å². The molecule has 0 bridgehead atoms. The smallest absolute Gasteiger partial charge is 0.399 e. The summed E-state index contributed by atoms with van der Waals surface area (Å²) in [6.07, 6.45) is -1.92. The summed E-state index contributed by atoms with van der Waals surface area (Å²) in [7, 11) is 0. The van der Waals surface area contributed by atoms with Crippen LogP contribution in [0.4, 0.5) is 13.2 Å². The summed E-state index contributed by atoms with van der Waals surface area (Å²) in [5, 5.41) is 0. The molecule has 0 saturated heterocycles. The average Bonchev–Trinajstić information content (AvgIpc) is 1.92. The number of rotatable bonds is 0. The van der Waals surface area contributed by atoms with Crippen LogP contribution in [-0.2, 0) is 0 Å². The van der Waals surface area contributed by atoms with Gasteiger partial charge in [-0.2, -0.15) is 13.2 Å². The van der Waals surface area contributed by atoms with Crippen molar-refractivity contribution in [1.29, 1.82) is 0 Å². The van der Waals surface area contributed by atoms with Crippen LogP contribution in [0.2, 0.25) is 0 Å². The molecule has 0 amide bonds. The van der Waals surface area contributed by atoms with Gasteiger partial charge in [0.2, 0.25) is 0 Å². The van der Waals surface area contributed by atoms with Crippen LogP contribution < -0.4 is 11.5 Å². The van der Waals surface area contributed by atoms with Crippen molar-refractivity contribution < 1.29 is 13.2 Å². The highest BCUT2D eigenvalue weighted by atomic mass is 19.4. The maximum Gasteiger partial charge on any atom is 0.414 e. The number of halogens is 3. The SMILES string of the molecule is NC1=C(C(F)(F)F)CC(N)C=C1. The molecule has 12 heavy (non-hydrogen) atoms. The van der Waals surface area contributed by atoms with E-state index in [1.165, 1.54) is 12.2 Å². The first-order valence-corrected chi connectivity index (χ1v) is 3.41. The van der Waals surface area contributed by atoms with Gasteiger partial charge >= 0.3 is 6.18 Å². The van der Waals surface area contributed by atoms with Crippen LogP contribution in [0, 0.1) is 0 Å². The Morgan fingerprint density at radius 1 is 1.42 bits per heavy atom. The Morgan fingerprint density at radius 3 is 2.42 bits per heavy atom. The van der Waals surface area contributed by atoms with Gasteiger partial charge in [0.25, 0.3) is 0 Å². The number of alkyl halides is 3. The molecule has 4 N–H and O–H groups in total. The van der Waals surface area contributed by atoms with Crippen LogP contribution in [0.15, 0.2) is 23.4 Å². The summed E-state index contributed by atoms with van der Waals surface area (Å²) in [6.45, 7) is 0. The highest BCUT2D eigenvalue weighted by Gasteiger charge is 2.36. The van der Waals surface area contributed by atoms with E-state index in [0.717, 1.165) is 0 Å². The van der Waals surface area contributed by atoms with Gasteiger partial charge < -0.3 is 11.5 Å². The van der Waals surface area contributed by atoms with Gasteiger partial charge in [-0.15, -0.1) is 0 Å². The predicted octanol–water partition coefficient (Wildman–Crippen LogP) is 1.05. The molecule has 0 heterocycles. The Labute approximate surface area is 67.7 Å². The summed E-state index contributed by atoms with van der Waals surface area (Å²) < 4.78 is 36.4. The van der Waals surface area contributed by atoms with Crippen molar-refractivity contribution in [1.82, 2.24) is 0 Å². The third-order valence-corrected chi connectivity index (χ3v) is 1.65. The molecule has 1 atom stereocenters. The molecule has 1 unspecified atom stereocenters. The van der Waals surface area contributed by atoms with Crippen molar-refractivity contribution in [3.05, 3.63) is 23.4 Å². The third kappa shape index (κ3) is 1.79. The Bertz CT molecular complexity index is 240. The van der Waals surface area contributed by atoms with Gasteiger partial charge in [0.1, 0.15) is 0 Å². The van der Waals surface area contributed by atoms with Crippen LogP contribution in [0.25, 0.3) is 0 Å². The van der Waals surface area contributed by atoms with Crippen LogP contribution in [-0.4, -0.2) is 12.2 Å². The number of nitrogens with two attached hydrogens (primary N) is 2. The molecule has 0 spiro atoms. The molecular formula is C7H9F3N2. The van der Waals surface area contributed by atoms with Crippen molar-refractivity contribution in [3.8, 4) is 0 Å². The molecule has 0 radical (unpaired) electrons. The Morgan fingerprint density at radius 2 is 2.00 bits per heavy atom. The number of hydrogen-bond donors (Lipinski definition) is 2. The molecule has 5 heteroatoms. The van der Waals surface area contributed by atoms with Gasteiger partial charge in [0, 0.05) is 11.7 Å². The van der Waals surface area contributed by atoms with E-state index in [1.807, 2.05) is 0 Å². The largest absolute Gasteiger partial charge is 0.414 e. The zero-order chi connectivity index (χ0) is 9.35. The lowest BCUT2D eigenvalue weighted by Crippen LogP contribution is -2.28. The minimum Gasteiger partial charge on any atom is -0.399 e. The monoisotopic (exact) mass is 178 g/mol. The van der Waals surface area contributed by atoms with Gasteiger partial charge in [0.05, 0.1) is 5.57 Å². The second kappa shape index (κ2) is 2.82. The van der Waals surface area contributed by atoms with Crippen molar-refractivity contribution in [3.63, 3.8) is 0 Å². The molecule has 0 fully saturated rings. The van der Waals surface area contributed by atoms with E-state index in [1.54, 1.807) is 0 Å². The van der Waals surface area contributed by atoms with E-state index in [4.69, 9.17) is 11.5 Å². The molecule has 0 aromatic carbocycles. The van der Waals surface area contributed by atoms with E-state index in [0.29, 0.717) is 0 Å². The Kier molecular flexibility index (Phi) is 2.14. The van der Waals surface area contributed by atoms with Crippen LogP contribution in [0.1, 0.15) is 6.42 Å². The van der Waals surface area contributed by atoms with Crippen LogP contribution >= 0.6 is 0 Å². The highest BCUT2D eigenvalue weighted by Crippen LogP contribution is 2.32. The standard InChI is InChI=1S/C7H9F3N2/c8-7(9,10)5-3-4(11)1-2-6(5)12/h1-2,4H,3,11-12H2. The number of allylic oxidation sites excluding steroid dienone is 1.